The summed E-state index contributed by atoms with van der Waals surface area (Å²) >= 11 is 6.40. The van der Waals surface area contributed by atoms with Crippen molar-refractivity contribution in [3.05, 3.63) is 28.7 Å². The molecule has 7 nitrogen and oxygen atoms in total. The van der Waals surface area contributed by atoms with Crippen molar-refractivity contribution in [2.24, 2.45) is 0 Å². The SMILES string of the molecule is O=C(O)CCCN1C(=O)C(=Cc2ccc3nonc3c2)SC1=S. The van der Waals surface area contributed by atoms with Crippen LogP contribution in [0.2, 0.25) is 0 Å². The van der Waals surface area contributed by atoms with Gasteiger partial charge in [-0.25, -0.2) is 4.63 Å². The van der Waals surface area contributed by atoms with Crippen molar-refractivity contribution in [2.45, 2.75) is 12.8 Å². The van der Waals surface area contributed by atoms with Gasteiger partial charge in [-0.05, 0) is 40.5 Å². The maximum absolute atomic E-state index is 12.4. The molecule has 0 unspecified atom stereocenters. The fourth-order valence-electron chi connectivity index (χ4n) is 2.12. The van der Waals surface area contributed by atoms with E-state index in [2.05, 4.69) is 14.9 Å². The van der Waals surface area contributed by atoms with Gasteiger partial charge in [-0.2, -0.15) is 0 Å². The van der Waals surface area contributed by atoms with E-state index in [1.54, 1.807) is 18.2 Å². The second-order valence-electron chi connectivity index (χ2n) is 4.84. The van der Waals surface area contributed by atoms with Crippen LogP contribution in [0.3, 0.4) is 0 Å². The molecule has 0 aliphatic carbocycles. The van der Waals surface area contributed by atoms with Gasteiger partial charge in [0, 0.05) is 13.0 Å². The Balaban J connectivity index is 1.76. The number of thiocarbonyl (C=S) groups is 1. The van der Waals surface area contributed by atoms with Crippen LogP contribution in [0.5, 0.6) is 0 Å². The van der Waals surface area contributed by atoms with E-state index in [9.17, 15) is 9.59 Å². The summed E-state index contributed by atoms with van der Waals surface area (Å²) in [7, 11) is 0. The van der Waals surface area contributed by atoms with E-state index >= 15 is 0 Å². The first-order valence-electron chi connectivity index (χ1n) is 6.74. The molecule has 0 radical (unpaired) electrons. The standard InChI is InChI=1S/C14H11N3O4S2/c18-12(19)2-1-5-17-13(20)11(23-14(17)22)7-8-3-4-9-10(6-8)16-21-15-9/h3-4,6-7H,1-2,5H2,(H,18,19). The van der Waals surface area contributed by atoms with Gasteiger partial charge in [-0.15, -0.1) is 0 Å². The highest BCUT2D eigenvalue weighted by molar-refractivity contribution is 8.26. The molecule has 1 aromatic heterocycles. The number of carboxylic acids is 1. The molecule has 0 atom stereocenters. The molecule has 9 heteroatoms. The first-order valence-corrected chi connectivity index (χ1v) is 7.96. The van der Waals surface area contributed by atoms with Gasteiger partial charge in [0.25, 0.3) is 5.91 Å². The van der Waals surface area contributed by atoms with E-state index in [1.165, 1.54) is 16.7 Å². The van der Waals surface area contributed by atoms with Gasteiger partial charge in [0.05, 0.1) is 4.91 Å². The van der Waals surface area contributed by atoms with Crippen LogP contribution in [0.4, 0.5) is 0 Å². The number of carbonyl (C=O) groups is 2. The van der Waals surface area contributed by atoms with E-state index in [0.29, 0.717) is 33.2 Å². The van der Waals surface area contributed by atoms with Gasteiger partial charge in [0.1, 0.15) is 15.4 Å². The van der Waals surface area contributed by atoms with Gasteiger partial charge < -0.3 is 5.11 Å². The summed E-state index contributed by atoms with van der Waals surface area (Å²) in [5.41, 5.74) is 2.04. The zero-order chi connectivity index (χ0) is 16.4. The number of amides is 1. The summed E-state index contributed by atoms with van der Waals surface area (Å²) in [6, 6.07) is 5.33. The lowest BCUT2D eigenvalue weighted by Gasteiger charge is -2.13. The van der Waals surface area contributed by atoms with Crippen molar-refractivity contribution in [1.29, 1.82) is 0 Å². The Morgan fingerprint density at radius 2 is 2.17 bits per heavy atom. The number of carboxylic acid groups (broad SMARTS) is 1. The van der Waals surface area contributed by atoms with Gasteiger partial charge >= 0.3 is 5.97 Å². The predicted molar refractivity (Wildman–Crippen MR) is 88.6 cm³/mol. The minimum absolute atomic E-state index is 0.00589. The monoisotopic (exact) mass is 349 g/mol. The van der Waals surface area contributed by atoms with Gasteiger partial charge in [-0.1, -0.05) is 30.0 Å². The van der Waals surface area contributed by atoms with Crippen LogP contribution in [-0.2, 0) is 9.59 Å². The maximum Gasteiger partial charge on any atom is 0.303 e. The Bertz CT molecular complexity index is 830. The second kappa shape index (κ2) is 6.47. The van der Waals surface area contributed by atoms with Gasteiger partial charge in [-0.3, -0.25) is 14.5 Å². The molecule has 1 aliphatic heterocycles. The number of rotatable bonds is 5. The Hall–Kier alpha value is -2.26. The summed E-state index contributed by atoms with van der Waals surface area (Å²) in [6.07, 6.45) is 2.10. The molecule has 1 saturated heterocycles. The van der Waals surface area contributed by atoms with Crippen LogP contribution in [0.1, 0.15) is 18.4 Å². The zero-order valence-electron chi connectivity index (χ0n) is 11.8. The minimum atomic E-state index is -0.888. The first-order chi connectivity index (χ1) is 11.0. The van der Waals surface area contributed by atoms with Gasteiger partial charge in [0.2, 0.25) is 0 Å². The third kappa shape index (κ3) is 3.40. The van der Waals surface area contributed by atoms with Crippen molar-refractivity contribution in [2.75, 3.05) is 6.54 Å². The molecule has 23 heavy (non-hydrogen) atoms. The predicted octanol–water partition coefficient (Wildman–Crippen LogP) is 2.29. The molecule has 3 rings (SSSR count). The topological polar surface area (TPSA) is 96.5 Å². The van der Waals surface area contributed by atoms with Gasteiger partial charge in [0.15, 0.2) is 0 Å². The molecule has 2 heterocycles. The highest BCUT2D eigenvalue weighted by atomic mass is 32.2. The summed E-state index contributed by atoms with van der Waals surface area (Å²) in [5.74, 6) is -1.09. The largest absolute Gasteiger partial charge is 0.481 e. The Kier molecular flexibility index (Phi) is 4.39. The summed E-state index contributed by atoms with van der Waals surface area (Å²) < 4.78 is 5.08. The highest BCUT2D eigenvalue weighted by Crippen LogP contribution is 2.33. The normalized spacial score (nSPS) is 16.7. The molecule has 0 spiro atoms. The Morgan fingerprint density at radius 3 is 2.96 bits per heavy atom. The number of aromatic nitrogens is 2. The average molecular weight is 349 g/mol. The molecule has 118 valence electrons. The molecule has 1 aromatic carbocycles. The van der Waals surface area contributed by atoms with Crippen LogP contribution in [0.25, 0.3) is 17.1 Å². The van der Waals surface area contributed by atoms with E-state index in [0.717, 1.165) is 5.56 Å². The molecular formula is C14H11N3O4S2. The average Bonchev–Trinajstić information content (AvgIpc) is 3.06. The number of hydrogen-bond donors (Lipinski definition) is 1. The van der Waals surface area contributed by atoms with Crippen LogP contribution < -0.4 is 0 Å². The van der Waals surface area contributed by atoms with Crippen LogP contribution in [0, 0.1) is 0 Å². The van der Waals surface area contributed by atoms with Crippen LogP contribution in [0.15, 0.2) is 27.7 Å². The molecule has 1 amide bonds. The Labute approximate surface area is 140 Å². The third-order valence-electron chi connectivity index (χ3n) is 3.22. The third-order valence-corrected chi connectivity index (χ3v) is 4.60. The molecule has 1 N–H and O–H groups in total. The van der Waals surface area contributed by atoms with Crippen molar-refractivity contribution >= 4 is 57.3 Å². The van der Waals surface area contributed by atoms with E-state index in [-0.39, 0.29) is 12.3 Å². The summed E-state index contributed by atoms with van der Waals surface area (Å²) in [5, 5.41) is 16.1. The quantitative estimate of drug-likeness (QED) is 0.649. The zero-order valence-corrected chi connectivity index (χ0v) is 13.4. The number of aliphatic carboxylic acids is 1. The molecule has 0 saturated carbocycles. The highest BCUT2D eigenvalue weighted by Gasteiger charge is 2.31. The van der Waals surface area contributed by atoms with E-state index < -0.39 is 5.97 Å². The second-order valence-corrected chi connectivity index (χ2v) is 6.52. The molecule has 1 fully saturated rings. The van der Waals surface area contributed by atoms with Crippen molar-refractivity contribution in [3.8, 4) is 0 Å². The number of thioether (sulfide) groups is 1. The lowest BCUT2D eigenvalue weighted by atomic mass is 10.2. The smallest absolute Gasteiger partial charge is 0.303 e. The number of benzene rings is 1. The number of hydrogen-bond acceptors (Lipinski definition) is 7. The number of carbonyl (C=O) groups excluding carboxylic acids is 1. The number of nitrogens with zero attached hydrogens (tertiary/aromatic N) is 3. The van der Waals surface area contributed by atoms with Crippen LogP contribution >= 0.6 is 24.0 Å². The summed E-state index contributed by atoms with van der Waals surface area (Å²) in [4.78, 5) is 24.9. The fraction of sp³-hybridized carbons (Fsp3) is 0.214. The van der Waals surface area contributed by atoms with Crippen LogP contribution in [-0.4, -0.2) is 43.1 Å². The minimum Gasteiger partial charge on any atom is -0.481 e. The van der Waals surface area contributed by atoms with E-state index in [1.807, 2.05) is 6.07 Å². The van der Waals surface area contributed by atoms with Crippen molar-refractivity contribution in [1.82, 2.24) is 15.2 Å². The number of fused-ring (bicyclic) bond motifs is 1. The molecule has 2 aromatic rings. The summed E-state index contributed by atoms with van der Waals surface area (Å²) in [6.45, 7) is 0.306. The lowest BCUT2D eigenvalue weighted by molar-refractivity contribution is -0.137. The van der Waals surface area contributed by atoms with Crippen molar-refractivity contribution < 1.29 is 19.3 Å². The first kappa shape index (κ1) is 15.6. The van der Waals surface area contributed by atoms with E-state index in [4.69, 9.17) is 17.3 Å². The molecule has 1 aliphatic rings. The molecular weight excluding hydrogens is 338 g/mol. The lowest BCUT2D eigenvalue weighted by Crippen LogP contribution is -2.29. The Morgan fingerprint density at radius 1 is 1.39 bits per heavy atom. The molecule has 0 bridgehead atoms. The fourth-order valence-corrected chi connectivity index (χ4v) is 3.43. The van der Waals surface area contributed by atoms with Crippen molar-refractivity contribution in [3.63, 3.8) is 0 Å². The maximum atomic E-state index is 12.4.